The van der Waals surface area contributed by atoms with Crippen molar-refractivity contribution in [3.8, 4) is 0 Å². The van der Waals surface area contributed by atoms with Gasteiger partial charge in [0.15, 0.2) is 9.84 Å². The van der Waals surface area contributed by atoms with Crippen LogP contribution in [0.2, 0.25) is 0 Å². The molecule has 13 heavy (non-hydrogen) atoms. The van der Waals surface area contributed by atoms with Crippen LogP contribution >= 0.6 is 11.6 Å². The van der Waals surface area contributed by atoms with Crippen LogP contribution in [0.5, 0.6) is 0 Å². The van der Waals surface area contributed by atoms with E-state index in [4.69, 9.17) is 11.6 Å². The Morgan fingerprint density at radius 1 is 1.62 bits per heavy atom. The summed E-state index contributed by atoms with van der Waals surface area (Å²) in [5.74, 6) is 1.24. The SMILES string of the molecule is O=S1(=O)CC(n2cnnc2CCl)C1. The molecule has 0 atom stereocenters. The van der Waals surface area contributed by atoms with Gasteiger partial charge in [0, 0.05) is 0 Å². The van der Waals surface area contributed by atoms with Crippen molar-refractivity contribution in [2.24, 2.45) is 0 Å². The molecule has 72 valence electrons. The smallest absolute Gasteiger partial charge is 0.154 e. The van der Waals surface area contributed by atoms with Gasteiger partial charge in [-0.1, -0.05) is 0 Å². The first-order chi connectivity index (χ1) is 6.12. The molecule has 2 rings (SSSR count). The second-order valence-corrected chi connectivity index (χ2v) is 5.44. The van der Waals surface area contributed by atoms with Gasteiger partial charge in [0.25, 0.3) is 0 Å². The van der Waals surface area contributed by atoms with E-state index in [2.05, 4.69) is 10.2 Å². The fourth-order valence-corrected chi connectivity index (χ4v) is 2.95. The van der Waals surface area contributed by atoms with Gasteiger partial charge in [-0.3, -0.25) is 0 Å². The zero-order valence-electron chi connectivity index (χ0n) is 6.72. The molecule has 0 unspecified atom stereocenters. The summed E-state index contributed by atoms with van der Waals surface area (Å²) in [5, 5.41) is 7.45. The summed E-state index contributed by atoms with van der Waals surface area (Å²) >= 11 is 5.60. The molecule has 0 bridgehead atoms. The number of sulfone groups is 1. The van der Waals surface area contributed by atoms with E-state index in [1.165, 1.54) is 6.33 Å². The average molecular weight is 222 g/mol. The van der Waals surface area contributed by atoms with Crippen molar-refractivity contribution >= 4 is 21.4 Å². The lowest BCUT2D eigenvalue weighted by atomic mass is 10.3. The number of halogens is 1. The highest BCUT2D eigenvalue weighted by Gasteiger charge is 2.35. The van der Waals surface area contributed by atoms with Gasteiger partial charge in [-0.05, 0) is 0 Å². The summed E-state index contributed by atoms with van der Waals surface area (Å²) in [6, 6.07) is -0.0197. The number of hydrogen-bond donors (Lipinski definition) is 0. The normalized spacial score (nSPS) is 21.3. The molecular formula is C6H8ClN3O2S. The van der Waals surface area contributed by atoms with Gasteiger partial charge in [-0.25, -0.2) is 8.42 Å². The van der Waals surface area contributed by atoms with Crippen molar-refractivity contribution in [3.63, 3.8) is 0 Å². The molecule has 1 aliphatic rings. The van der Waals surface area contributed by atoms with Crippen molar-refractivity contribution < 1.29 is 8.42 Å². The molecule has 1 aromatic rings. The third-order valence-corrected chi connectivity index (χ3v) is 4.08. The zero-order chi connectivity index (χ0) is 9.47. The van der Waals surface area contributed by atoms with Gasteiger partial charge < -0.3 is 4.57 Å². The predicted octanol–water partition coefficient (Wildman–Crippen LogP) is -0.0136. The monoisotopic (exact) mass is 221 g/mol. The van der Waals surface area contributed by atoms with Crippen LogP contribution in [0.1, 0.15) is 11.9 Å². The van der Waals surface area contributed by atoms with E-state index in [0.29, 0.717) is 5.82 Å². The number of hydrogen-bond acceptors (Lipinski definition) is 4. The van der Waals surface area contributed by atoms with Gasteiger partial charge in [-0.15, -0.1) is 21.8 Å². The minimum absolute atomic E-state index is 0.0197. The second-order valence-electron chi connectivity index (χ2n) is 3.02. The van der Waals surface area contributed by atoms with Crippen LogP contribution in [0.25, 0.3) is 0 Å². The maximum Gasteiger partial charge on any atom is 0.154 e. The summed E-state index contributed by atoms with van der Waals surface area (Å²) in [6.07, 6.45) is 1.52. The molecular weight excluding hydrogens is 214 g/mol. The van der Waals surface area contributed by atoms with Crippen LogP contribution in [0.3, 0.4) is 0 Å². The fraction of sp³-hybridized carbons (Fsp3) is 0.667. The van der Waals surface area contributed by atoms with Gasteiger partial charge in [0.1, 0.15) is 12.2 Å². The first kappa shape index (κ1) is 8.96. The van der Waals surface area contributed by atoms with E-state index in [0.717, 1.165) is 0 Å². The maximum atomic E-state index is 10.9. The van der Waals surface area contributed by atoms with Gasteiger partial charge in [-0.2, -0.15) is 0 Å². The molecule has 1 fully saturated rings. The number of aromatic nitrogens is 3. The zero-order valence-corrected chi connectivity index (χ0v) is 8.29. The Morgan fingerprint density at radius 2 is 2.31 bits per heavy atom. The molecule has 1 saturated heterocycles. The van der Waals surface area contributed by atoms with Gasteiger partial charge >= 0.3 is 0 Å². The Balaban J connectivity index is 2.19. The van der Waals surface area contributed by atoms with E-state index in [-0.39, 0.29) is 23.4 Å². The molecule has 1 aliphatic heterocycles. The van der Waals surface area contributed by atoms with Crippen LogP contribution in [0.15, 0.2) is 6.33 Å². The minimum atomic E-state index is -2.80. The molecule has 0 spiro atoms. The second kappa shape index (κ2) is 2.95. The van der Waals surface area contributed by atoms with Crippen LogP contribution in [-0.2, 0) is 15.7 Å². The molecule has 0 N–H and O–H groups in total. The van der Waals surface area contributed by atoms with Gasteiger partial charge in [0.2, 0.25) is 0 Å². The third kappa shape index (κ3) is 1.55. The average Bonchev–Trinajstić information content (AvgIpc) is 2.46. The third-order valence-electron chi connectivity index (χ3n) is 2.05. The van der Waals surface area contributed by atoms with Crippen LogP contribution < -0.4 is 0 Å². The quantitative estimate of drug-likeness (QED) is 0.659. The largest absolute Gasteiger partial charge is 0.311 e. The topological polar surface area (TPSA) is 64.8 Å². The Kier molecular flexibility index (Phi) is 2.03. The van der Waals surface area contributed by atoms with E-state index in [1.807, 2.05) is 0 Å². The van der Waals surface area contributed by atoms with Crippen molar-refractivity contribution in [1.82, 2.24) is 14.8 Å². The predicted molar refractivity (Wildman–Crippen MR) is 47.3 cm³/mol. The number of rotatable bonds is 2. The van der Waals surface area contributed by atoms with Gasteiger partial charge in [0.05, 0.1) is 23.4 Å². The van der Waals surface area contributed by atoms with Crippen molar-refractivity contribution in [3.05, 3.63) is 12.2 Å². The van der Waals surface area contributed by atoms with Crippen molar-refractivity contribution in [2.45, 2.75) is 11.9 Å². The van der Waals surface area contributed by atoms with E-state index < -0.39 is 9.84 Å². The van der Waals surface area contributed by atoms with Crippen LogP contribution in [0.4, 0.5) is 0 Å². The summed E-state index contributed by atoms with van der Waals surface area (Å²) in [4.78, 5) is 0. The Bertz CT molecular complexity index is 401. The minimum Gasteiger partial charge on any atom is -0.311 e. The summed E-state index contributed by atoms with van der Waals surface area (Å²) in [6.45, 7) is 0. The van der Waals surface area contributed by atoms with E-state index in [1.54, 1.807) is 4.57 Å². The molecule has 0 saturated carbocycles. The molecule has 7 heteroatoms. The van der Waals surface area contributed by atoms with Crippen LogP contribution in [-0.4, -0.2) is 34.7 Å². The number of nitrogens with zero attached hydrogens (tertiary/aromatic N) is 3. The molecule has 2 heterocycles. The lowest BCUT2D eigenvalue weighted by molar-refractivity contribution is 0.498. The first-order valence-corrected chi connectivity index (χ1v) is 6.13. The summed E-state index contributed by atoms with van der Waals surface area (Å²) in [7, 11) is -2.80. The maximum absolute atomic E-state index is 10.9. The summed E-state index contributed by atoms with van der Waals surface area (Å²) < 4.78 is 23.5. The highest BCUT2D eigenvalue weighted by Crippen LogP contribution is 2.24. The van der Waals surface area contributed by atoms with Crippen molar-refractivity contribution in [1.29, 1.82) is 0 Å². The Labute approximate surface area is 80.6 Å². The molecule has 0 aromatic carbocycles. The lowest BCUT2D eigenvalue weighted by Crippen LogP contribution is -2.38. The van der Waals surface area contributed by atoms with Crippen molar-refractivity contribution in [2.75, 3.05) is 11.5 Å². The molecule has 0 radical (unpaired) electrons. The molecule has 1 aromatic heterocycles. The highest BCUT2D eigenvalue weighted by atomic mass is 35.5. The fourth-order valence-electron chi connectivity index (χ4n) is 1.37. The molecule has 5 nitrogen and oxygen atoms in total. The van der Waals surface area contributed by atoms with E-state index >= 15 is 0 Å². The summed E-state index contributed by atoms with van der Waals surface area (Å²) in [5.41, 5.74) is 0. The molecule has 0 aliphatic carbocycles. The Hall–Kier alpha value is -0.620. The highest BCUT2D eigenvalue weighted by molar-refractivity contribution is 7.92. The standard InChI is InChI=1S/C6H8ClN3O2S/c7-1-6-9-8-4-10(6)5-2-13(11,12)3-5/h4-5H,1-3H2. The lowest BCUT2D eigenvalue weighted by Gasteiger charge is -2.27. The number of alkyl halides is 1. The molecule has 0 amide bonds. The first-order valence-electron chi connectivity index (χ1n) is 3.77. The Morgan fingerprint density at radius 3 is 2.85 bits per heavy atom. The van der Waals surface area contributed by atoms with E-state index in [9.17, 15) is 8.42 Å². The van der Waals surface area contributed by atoms with Crippen LogP contribution in [0, 0.1) is 0 Å².